The maximum absolute atomic E-state index is 13.9. The van der Waals surface area contributed by atoms with Gasteiger partial charge in [0.05, 0.1) is 24.2 Å². The molecule has 5 heterocycles. The van der Waals surface area contributed by atoms with Gasteiger partial charge >= 0.3 is 6.18 Å². The number of imidazole rings is 1. The van der Waals surface area contributed by atoms with Crippen molar-refractivity contribution < 1.29 is 17.6 Å². The molecule has 0 radical (unpaired) electrons. The smallest absolute Gasteiger partial charge is 0.352 e. The van der Waals surface area contributed by atoms with E-state index in [0.29, 0.717) is 36.6 Å². The number of hydrogen-bond donors (Lipinski definition) is 1. The van der Waals surface area contributed by atoms with Crippen molar-refractivity contribution in [3.8, 4) is 11.5 Å². The van der Waals surface area contributed by atoms with Crippen LogP contribution in [0.15, 0.2) is 43.1 Å². The molecule has 1 aliphatic rings. The fourth-order valence-electron chi connectivity index (χ4n) is 3.48. The van der Waals surface area contributed by atoms with Crippen molar-refractivity contribution in [1.29, 1.82) is 0 Å². The standard InChI is InChI=1S/C19H14F4N8/c20-17-12(6-27-29-17)11-2-1-5-30(9-11)15-3-4-24-18(28-15)13-7-26-16-8-25-14(10-31(13)16)19(21,22)23/h2-4,6-8,10H,1,5,9H2,(H,27,29). The second-order valence-electron chi connectivity index (χ2n) is 6.92. The first-order valence-electron chi connectivity index (χ1n) is 9.27. The maximum Gasteiger partial charge on any atom is 0.434 e. The predicted molar refractivity (Wildman–Crippen MR) is 102 cm³/mol. The molecule has 1 aliphatic heterocycles. The van der Waals surface area contributed by atoms with E-state index in [1.54, 1.807) is 6.07 Å². The Hall–Kier alpha value is -3.83. The molecular weight excluding hydrogens is 416 g/mol. The summed E-state index contributed by atoms with van der Waals surface area (Å²) in [7, 11) is 0. The molecule has 0 bridgehead atoms. The number of nitrogens with zero attached hydrogens (tertiary/aromatic N) is 7. The topological polar surface area (TPSA) is 87.9 Å². The maximum atomic E-state index is 13.9. The van der Waals surface area contributed by atoms with Gasteiger partial charge in [-0.1, -0.05) is 6.08 Å². The third kappa shape index (κ3) is 3.49. The number of alkyl halides is 3. The summed E-state index contributed by atoms with van der Waals surface area (Å²) in [5, 5.41) is 6.00. The number of nitrogens with one attached hydrogen (secondary N) is 1. The van der Waals surface area contributed by atoms with E-state index < -0.39 is 17.8 Å². The summed E-state index contributed by atoms with van der Waals surface area (Å²) >= 11 is 0. The third-order valence-electron chi connectivity index (χ3n) is 4.97. The van der Waals surface area contributed by atoms with Gasteiger partial charge in [0.2, 0.25) is 5.95 Å². The second-order valence-corrected chi connectivity index (χ2v) is 6.92. The first kappa shape index (κ1) is 19.2. The van der Waals surface area contributed by atoms with Crippen LogP contribution in [0.5, 0.6) is 0 Å². The number of anilines is 1. The third-order valence-corrected chi connectivity index (χ3v) is 4.97. The van der Waals surface area contributed by atoms with Crippen molar-refractivity contribution in [1.82, 2.24) is 34.5 Å². The summed E-state index contributed by atoms with van der Waals surface area (Å²) in [6.45, 7) is 1.05. The molecule has 1 N–H and O–H groups in total. The van der Waals surface area contributed by atoms with Crippen molar-refractivity contribution in [2.75, 3.05) is 18.0 Å². The molecule has 31 heavy (non-hydrogen) atoms. The van der Waals surface area contributed by atoms with E-state index in [-0.39, 0.29) is 11.5 Å². The van der Waals surface area contributed by atoms with Crippen LogP contribution in [0.3, 0.4) is 0 Å². The van der Waals surface area contributed by atoms with Crippen molar-refractivity contribution >= 4 is 17.0 Å². The molecule has 12 heteroatoms. The Kier molecular flexibility index (Phi) is 4.41. The van der Waals surface area contributed by atoms with Crippen LogP contribution in [0, 0.1) is 5.95 Å². The molecule has 8 nitrogen and oxygen atoms in total. The number of aromatic amines is 1. The minimum atomic E-state index is -4.59. The number of fused-ring (bicyclic) bond motifs is 1. The average molecular weight is 430 g/mol. The second kappa shape index (κ2) is 7.15. The molecule has 5 rings (SSSR count). The molecule has 0 atom stereocenters. The number of H-pyrrole nitrogens is 1. The van der Waals surface area contributed by atoms with Gasteiger partial charge in [0, 0.05) is 25.5 Å². The van der Waals surface area contributed by atoms with E-state index in [9.17, 15) is 17.6 Å². The molecule has 0 saturated heterocycles. The molecule has 4 aromatic heterocycles. The molecule has 0 unspecified atom stereocenters. The van der Waals surface area contributed by atoms with E-state index in [4.69, 9.17) is 0 Å². The zero-order valence-electron chi connectivity index (χ0n) is 15.8. The van der Waals surface area contributed by atoms with E-state index in [1.807, 2.05) is 11.0 Å². The van der Waals surface area contributed by atoms with Crippen LogP contribution >= 0.6 is 0 Å². The molecule has 4 aromatic rings. The molecule has 0 aliphatic carbocycles. The minimum absolute atomic E-state index is 0.218. The van der Waals surface area contributed by atoms with Crippen molar-refractivity contribution in [3.05, 3.63) is 60.3 Å². The minimum Gasteiger partial charge on any atom is -0.352 e. The monoisotopic (exact) mass is 430 g/mol. The van der Waals surface area contributed by atoms with Crippen molar-refractivity contribution in [3.63, 3.8) is 0 Å². The van der Waals surface area contributed by atoms with E-state index in [0.717, 1.165) is 18.0 Å². The zero-order valence-corrected chi connectivity index (χ0v) is 15.8. The van der Waals surface area contributed by atoms with Crippen molar-refractivity contribution in [2.24, 2.45) is 0 Å². The van der Waals surface area contributed by atoms with Crippen LogP contribution in [0.1, 0.15) is 17.7 Å². The summed E-state index contributed by atoms with van der Waals surface area (Å²) in [6, 6.07) is 1.70. The fraction of sp³-hybridized carbons (Fsp3) is 0.211. The van der Waals surface area contributed by atoms with Gasteiger partial charge in [-0.05, 0) is 18.1 Å². The highest BCUT2D eigenvalue weighted by atomic mass is 19.4. The van der Waals surface area contributed by atoms with Crippen LogP contribution in [-0.4, -0.2) is 47.6 Å². The van der Waals surface area contributed by atoms with Crippen LogP contribution in [0.4, 0.5) is 23.4 Å². The molecule has 0 amide bonds. The number of halogens is 4. The molecule has 158 valence electrons. The first-order valence-corrected chi connectivity index (χ1v) is 9.27. The van der Waals surface area contributed by atoms with E-state index in [2.05, 4.69) is 30.1 Å². The Morgan fingerprint density at radius 3 is 2.71 bits per heavy atom. The Labute approximate surface area is 172 Å². The van der Waals surface area contributed by atoms with Gasteiger partial charge in [-0.15, -0.1) is 0 Å². The Balaban J connectivity index is 1.49. The molecular formula is C19H14F4N8. The number of rotatable bonds is 3. The lowest BCUT2D eigenvalue weighted by Crippen LogP contribution is -2.30. The lowest BCUT2D eigenvalue weighted by Gasteiger charge is -2.28. The molecule has 0 fully saturated rings. The van der Waals surface area contributed by atoms with Gasteiger partial charge in [-0.25, -0.2) is 19.9 Å². The van der Waals surface area contributed by atoms with Crippen LogP contribution < -0.4 is 4.90 Å². The highest BCUT2D eigenvalue weighted by Crippen LogP contribution is 2.29. The molecule has 0 saturated carbocycles. The number of hydrogen-bond acceptors (Lipinski definition) is 6. The Bertz CT molecular complexity index is 1290. The lowest BCUT2D eigenvalue weighted by molar-refractivity contribution is -0.141. The lowest BCUT2D eigenvalue weighted by atomic mass is 10.0. The van der Waals surface area contributed by atoms with Gasteiger partial charge < -0.3 is 4.90 Å². The SMILES string of the molecule is Fc1[nH]ncc1C1=CCCN(c2ccnc(-c3cnc4cnc(C(F)(F)F)cn34)n2)C1. The van der Waals surface area contributed by atoms with Crippen LogP contribution in [0.2, 0.25) is 0 Å². The first-order chi connectivity index (χ1) is 14.9. The van der Waals surface area contributed by atoms with Crippen LogP contribution in [0.25, 0.3) is 22.7 Å². The zero-order chi connectivity index (χ0) is 21.6. The Morgan fingerprint density at radius 2 is 1.94 bits per heavy atom. The van der Waals surface area contributed by atoms with Crippen LogP contribution in [-0.2, 0) is 6.18 Å². The van der Waals surface area contributed by atoms with Gasteiger partial charge in [0.1, 0.15) is 11.5 Å². The molecule has 0 aromatic carbocycles. The summed E-state index contributed by atoms with van der Waals surface area (Å²) in [5.74, 6) is 0.283. The fourth-order valence-corrected chi connectivity index (χ4v) is 3.48. The molecule has 0 spiro atoms. The van der Waals surface area contributed by atoms with E-state index in [1.165, 1.54) is 23.0 Å². The van der Waals surface area contributed by atoms with Gasteiger partial charge in [-0.3, -0.25) is 9.50 Å². The van der Waals surface area contributed by atoms with Crippen molar-refractivity contribution in [2.45, 2.75) is 12.6 Å². The van der Waals surface area contributed by atoms with Gasteiger partial charge in [-0.2, -0.15) is 22.7 Å². The van der Waals surface area contributed by atoms with Gasteiger partial charge in [0.15, 0.2) is 17.2 Å². The highest BCUT2D eigenvalue weighted by molar-refractivity contribution is 5.71. The van der Waals surface area contributed by atoms with E-state index >= 15 is 0 Å². The largest absolute Gasteiger partial charge is 0.434 e. The summed E-state index contributed by atoms with van der Waals surface area (Å²) in [6.07, 6.45) is 4.32. The summed E-state index contributed by atoms with van der Waals surface area (Å²) in [4.78, 5) is 18.2. The quantitative estimate of drug-likeness (QED) is 0.502. The number of aromatic nitrogens is 7. The predicted octanol–water partition coefficient (Wildman–Crippen LogP) is 3.36. The summed E-state index contributed by atoms with van der Waals surface area (Å²) in [5.41, 5.74) is 0.679. The normalized spacial score (nSPS) is 14.8. The highest BCUT2D eigenvalue weighted by Gasteiger charge is 2.33. The average Bonchev–Trinajstić information content (AvgIpc) is 3.39. The summed E-state index contributed by atoms with van der Waals surface area (Å²) < 4.78 is 54.4. The Morgan fingerprint density at radius 1 is 1.06 bits per heavy atom. The van der Waals surface area contributed by atoms with Gasteiger partial charge in [0.25, 0.3) is 0 Å².